The summed E-state index contributed by atoms with van der Waals surface area (Å²) in [6.45, 7) is 5.03. The Morgan fingerprint density at radius 1 is 1.38 bits per heavy atom. The van der Waals surface area contributed by atoms with Gasteiger partial charge in [0.25, 0.3) is 11.8 Å². The second-order valence-electron chi connectivity index (χ2n) is 8.42. The number of aromatic nitrogens is 1. The van der Waals surface area contributed by atoms with Crippen molar-refractivity contribution in [1.82, 2.24) is 20.5 Å². The third-order valence-corrected chi connectivity index (χ3v) is 7.10. The number of hydrogen-bond donors (Lipinski definition) is 4. The lowest BCUT2D eigenvalue weighted by molar-refractivity contribution is -0.150. The smallest absolute Gasteiger partial charge is 0.407 e. The van der Waals surface area contributed by atoms with E-state index in [2.05, 4.69) is 26.1 Å². The van der Waals surface area contributed by atoms with Gasteiger partial charge in [0.2, 0.25) is 6.41 Å². The van der Waals surface area contributed by atoms with E-state index >= 15 is 0 Å². The second kappa shape index (κ2) is 11.8. The predicted octanol–water partition coefficient (Wildman–Crippen LogP) is 0.892. The Bertz CT molecular complexity index is 1160. The summed E-state index contributed by atoms with van der Waals surface area (Å²) in [7, 11) is 0. The van der Waals surface area contributed by atoms with Crippen LogP contribution in [0.2, 0.25) is 0 Å². The van der Waals surface area contributed by atoms with Gasteiger partial charge in [-0.2, -0.15) is 0 Å². The van der Waals surface area contributed by atoms with Crippen LogP contribution in [0.25, 0.3) is 0 Å². The van der Waals surface area contributed by atoms with Crippen LogP contribution in [0.5, 0.6) is 0 Å². The number of hydrogen-bond acceptors (Lipinski definition) is 11. The number of thioether (sulfide) groups is 1. The average molecular weight is 575 g/mol. The SMILES string of the molecule is CC(C)(C)OC(=O)NCCO/N=C(/C(=O)NC1C(=O)N2C(C(=O)O)=C(Cl)CS[C@H]12)c1csc(NC=O)n1. The summed E-state index contributed by atoms with van der Waals surface area (Å²) in [4.78, 5) is 70.0. The standard InChI is InChI=1S/C20H23ClN6O8S2/c1-20(2,3)35-19(33)22-4-5-34-26-11(10-7-37-18(24-10)23-8-28)14(29)25-12-15(30)27-13(17(31)32)9(21)6-36-16(12)27/h7-8,12,16H,4-6H2,1-3H3,(H,22,33)(H,25,29)(H,31,32)(H,23,24,28)/b26-11+/t12?,16-/m1/s1. The number of β-lactam (4-membered cyclic amide) rings is 1. The zero-order valence-corrected chi connectivity index (χ0v) is 22.2. The number of rotatable bonds is 10. The van der Waals surface area contributed by atoms with Crippen LogP contribution in [-0.2, 0) is 28.8 Å². The van der Waals surface area contributed by atoms with E-state index < -0.39 is 40.9 Å². The molecule has 0 spiro atoms. The van der Waals surface area contributed by atoms with E-state index in [4.69, 9.17) is 21.2 Å². The molecule has 1 fully saturated rings. The number of carboxylic acid groups (broad SMARTS) is 1. The summed E-state index contributed by atoms with van der Waals surface area (Å²) >= 11 is 8.19. The summed E-state index contributed by atoms with van der Waals surface area (Å²) in [5.41, 5.74) is -1.24. The molecule has 3 heterocycles. The van der Waals surface area contributed by atoms with Gasteiger partial charge in [0.1, 0.15) is 35.0 Å². The number of oxime groups is 1. The normalized spacial score (nSPS) is 19.4. The number of nitrogens with zero attached hydrogens (tertiary/aromatic N) is 3. The molecule has 0 radical (unpaired) electrons. The molecular weight excluding hydrogens is 552 g/mol. The Kier molecular flexibility index (Phi) is 8.98. The molecule has 1 aromatic rings. The van der Waals surface area contributed by atoms with Crippen molar-refractivity contribution in [3.8, 4) is 0 Å². The van der Waals surface area contributed by atoms with Crippen molar-refractivity contribution in [1.29, 1.82) is 0 Å². The second-order valence-corrected chi connectivity index (χ2v) is 10.8. The number of carbonyl (C=O) groups excluding carboxylic acids is 4. The lowest BCUT2D eigenvalue weighted by atomic mass is 10.0. The van der Waals surface area contributed by atoms with Gasteiger partial charge in [-0.3, -0.25) is 19.3 Å². The maximum Gasteiger partial charge on any atom is 0.407 e. The molecule has 2 aliphatic rings. The zero-order chi connectivity index (χ0) is 27.3. The maximum atomic E-state index is 13.1. The van der Waals surface area contributed by atoms with E-state index in [-0.39, 0.29) is 46.2 Å². The van der Waals surface area contributed by atoms with E-state index in [9.17, 15) is 29.1 Å². The summed E-state index contributed by atoms with van der Waals surface area (Å²) in [5, 5.41) is 21.6. The molecule has 4 N–H and O–H groups in total. The van der Waals surface area contributed by atoms with E-state index in [1.54, 1.807) is 20.8 Å². The van der Waals surface area contributed by atoms with Crippen molar-refractivity contribution in [3.05, 3.63) is 21.8 Å². The molecule has 0 aromatic carbocycles. The number of aliphatic carboxylic acids is 1. The molecule has 1 unspecified atom stereocenters. The van der Waals surface area contributed by atoms with Gasteiger partial charge in [-0.25, -0.2) is 14.6 Å². The highest BCUT2D eigenvalue weighted by atomic mass is 35.5. The number of thiazole rings is 1. The van der Waals surface area contributed by atoms with Crippen molar-refractivity contribution in [2.75, 3.05) is 24.2 Å². The molecule has 2 atom stereocenters. The number of carboxylic acids is 1. The molecule has 37 heavy (non-hydrogen) atoms. The molecule has 1 saturated heterocycles. The Labute approximate surface area is 223 Å². The van der Waals surface area contributed by atoms with Gasteiger partial charge in [0, 0.05) is 11.1 Å². The summed E-state index contributed by atoms with van der Waals surface area (Å²) in [5.74, 6) is -2.66. The molecule has 0 saturated carbocycles. The lowest BCUT2D eigenvalue weighted by Crippen LogP contribution is -2.71. The van der Waals surface area contributed by atoms with Crippen LogP contribution in [0.3, 0.4) is 0 Å². The first-order valence-corrected chi connectivity index (χ1v) is 12.9. The van der Waals surface area contributed by atoms with Crippen LogP contribution >= 0.6 is 34.7 Å². The highest BCUT2D eigenvalue weighted by Crippen LogP contribution is 2.41. The van der Waals surface area contributed by atoms with Crippen molar-refractivity contribution >= 4 is 75.8 Å². The summed E-state index contributed by atoms with van der Waals surface area (Å²) < 4.78 is 5.11. The number of fused-ring (bicyclic) bond motifs is 1. The van der Waals surface area contributed by atoms with E-state index in [0.29, 0.717) is 6.41 Å². The molecule has 17 heteroatoms. The monoisotopic (exact) mass is 574 g/mol. The third kappa shape index (κ3) is 6.90. The van der Waals surface area contributed by atoms with Crippen molar-refractivity contribution < 1.29 is 38.7 Å². The molecule has 200 valence electrons. The molecule has 1 aromatic heterocycles. The molecule has 0 aliphatic carbocycles. The van der Waals surface area contributed by atoms with Crippen molar-refractivity contribution in [2.24, 2.45) is 5.16 Å². The van der Waals surface area contributed by atoms with Crippen molar-refractivity contribution in [2.45, 2.75) is 37.8 Å². The minimum atomic E-state index is -1.35. The Hall–Kier alpha value is -3.37. The van der Waals surface area contributed by atoms with Crippen LogP contribution in [0, 0.1) is 0 Å². The topological polar surface area (TPSA) is 189 Å². The Morgan fingerprint density at radius 2 is 2.11 bits per heavy atom. The van der Waals surface area contributed by atoms with Crippen LogP contribution in [-0.4, -0.2) is 86.9 Å². The summed E-state index contributed by atoms with van der Waals surface area (Å²) in [6.07, 6.45) is -0.242. The first-order valence-electron chi connectivity index (χ1n) is 10.6. The third-order valence-electron chi connectivity index (χ3n) is 4.57. The fourth-order valence-corrected chi connectivity index (χ4v) is 5.32. The highest BCUT2D eigenvalue weighted by molar-refractivity contribution is 8.00. The first-order chi connectivity index (χ1) is 17.4. The average Bonchev–Trinajstić information content (AvgIpc) is 3.26. The van der Waals surface area contributed by atoms with E-state index in [1.807, 2.05) is 0 Å². The van der Waals surface area contributed by atoms with Gasteiger partial charge in [0.05, 0.1) is 11.6 Å². The van der Waals surface area contributed by atoms with Crippen LogP contribution in [0.1, 0.15) is 26.5 Å². The molecule has 0 bridgehead atoms. The number of nitrogens with one attached hydrogen (secondary N) is 3. The highest BCUT2D eigenvalue weighted by Gasteiger charge is 2.54. The number of amides is 4. The molecule has 2 aliphatic heterocycles. The number of ether oxygens (including phenoxy) is 1. The molecule has 14 nitrogen and oxygen atoms in total. The zero-order valence-electron chi connectivity index (χ0n) is 19.8. The van der Waals surface area contributed by atoms with E-state index in [1.165, 1.54) is 17.1 Å². The van der Waals surface area contributed by atoms with Crippen LogP contribution in [0.4, 0.5) is 9.93 Å². The van der Waals surface area contributed by atoms with Crippen LogP contribution in [0.15, 0.2) is 21.3 Å². The minimum Gasteiger partial charge on any atom is -0.477 e. The van der Waals surface area contributed by atoms with Crippen molar-refractivity contribution in [3.63, 3.8) is 0 Å². The van der Waals surface area contributed by atoms with Gasteiger partial charge < -0.3 is 30.6 Å². The Morgan fingerprint density at radius 3 is 2.76 bits per heavy atom. The van der Waals surface area contributed by atoms with Gasteiger partial charge >= 0.3 is 12.1 Å². The predicted molar refractivity (Wildman–Crippen MR) is 134 cm³/mol. The molecular formula is C20H23ClN6O8S2. The van der Waals surface area contributed by atoms with Crippen LogP contribution < -0.4 is 16.0 Å². The maximum absolute atomic E-state index is 13.1. The lowest BCUT2D eigenvalue weighted by Gasteiger charge is -2.48. The number of alkyl carbamates (subject to hydrolysis) is 1. The summed E-state index contributed by atoms with van der Waals surface area (Å²) in [6, 6.07) is -1.04. The fourth-order valence-electron chi connectivity index (χ4n) is 3.12. The van der Waals surface area contributed by atoms with Gasteiger partial charge in [-0.15, -0.1) is 23.1 Å². The van der Waals surface area contributed by atoms with Gasteiger partial charge in [0.15, 0.2) is 10.8 Å². The molecule has 3 rings (SSSR count). The quantitative estimate of drug-likeness (QED) is 0.103. The van der Waals surface area contributed by atoms with Gasteiger partial charge in [-0.1, -0.05) is 16.8 Å². The fraction of sp³-hybridized carbons (Fsp3) is 0.450. The number of anilines is 1. The molecule has 4 amide bonds. The first kappa shape index (κ1) is 28.2. The largest absolute Gasteiger partial charge is 0.477 e. The number of halogens is 1. The minimum absolute atomic E-state index is 0.0160. The van der Waals surface area contributed by atoms with E-state index in [0.717, 1.165) is 16.2 Å². The Balaban J connectivity index is 1.69. The van der Waals surface area contributed by atoms with Gasteiger partial charge in [-0.05, 0) is 20.8 Å². The number of carbonyl (C=O) groups is 5.